The molecule has 0 saturated heterocycles. The summed E-state index contributed by atoms with van der Waals surface area (Å²) in [5.41, 5.74) is 0.902. The summed E-state index contributed by atoms with van der Waals surface area (Å²) in [4.78, 5) is 4.23. The first kappa shape index (κ1) is 14.5. The minimum atomic E-state index is -3.87. The number of benzene rings is 1. The van der Waals surface area contributed by atoms with Gasteiger partial charge in [0.15, 0.2) is 16.4 Å². The van der Waals surface area contributed by atoms with E-state index in [0.29, 0.717) is 5.69 Å². The van der Waals surface area contributed by atoms with Crippen molar-refractivity contribution in [3.05, 3.63) is 48.0 Å². The van der Waals surface area contributed by atoms with Crippen LogP contribution in [-0.4, -0.2) is 30.1 Å². The molecule has 6 nitrogen and oxygen atoms in total. The van der Waals surface area contributed by atoms with Crippen molar-refractivity contribution in [1.29, 1.82) is 0 Å². The number of nitrogens with zero attached hydrogens (tertiary/aromatic N) is 3. The van der Waals surface area contributed by atoms with Crippen molar-refractivity contribution in [2.45, 2.75) is 16.7 Å². The quantitative estimate of drug-likeness (QED) is 0.748. The van der Waals surface area contributed by atoms with Gasteiger partial charge in [-0.25, -0.2) is 22.3 Å². The Bertz CT molecular complexity index is 949. The van der Waals surface area contributed by atoms with E-state index in [1.165, 1.54) is 16.6 Å². The fourth-order valence-electron chi connectivity index (χ4n) is 2.14. The Hall–Kier alpha value is -2.48. The van der Waals surface area contributed by atoms with Gasteiger partial charge < -0.3 is 5.32 Å². The first-order valence-electron chi connectivity index (χ1n) is 6.48. The minimum absolute atomic E-state index is 0.0105. The van der Waals surface area contributed by atoms with Crippen molar-refractivity contribution in [2.75, 3.05) is 12.4 Å². The Balaban J connectivity index is 2.32. The van der Waals surface area contributed by atoms with Gasteiger partial charge in [-0.15, -0.1) is 5.10 Å². The molecule has 0 aliphatic heterocycles. The van der Waals surface area contributed by atoms with E-state index in [1.54, 1.807) is 26.2 Å². The molecule has 0 spiro atoms. The third-order valence-electron chi connectivity index (χ3n) is 3.21. The van der Waals surface area contributed by atoms with Crippen LogP contribution in [0.5, 0.6) is 0 Å². The Labute approximate surface area is 126 Å². The largest absolute Gasteiger partial charge is 0.370 e. The maximum atomic E-state index is 13.0. The van der Waals surface area contributed by atoms with Crippen LogP contribution in [0.15, 0.2) is 46.3 Å². The molecule has 1 N–H and O–H groups in total. The predicted octanol–water partition coefficient (Wildman–Crippen LogP) is 2.05. The Kier molecular flexibility index (Phi) is 3.32. The van der Waals surface area contributed by atoms with E-state index in [1.807, 2.05) is 0 Å². The molecule has 0 radical (unpaired) electrons. The van der Waals surface area contributed by atoms with E-state index >= 15 is 0 Å². The van der Waals surface area contributed by atoms with Gasteiger partial charge in [-0.1, -0.05) is 0 Å². The first-order chi connectivity index (χ1) is 10.4. The van der Waals surface area contributed by atoms with Crippen molar-refractivity contribution < 1.29 is 12.8 Å². The zero-order valence-corrected chi connectivity index (χ0v) is 12.7. The fraction of sp³-hybridized carbons (Fsp3) is 0.143. The molecular formula is C14H13FN4O2S. The van der Waals surface area contributed by atoms with Crippen LogP contribution in [0, 0.1) is 12.7 Å². The standard InChI is InChI=1S/C14H13FN4O2S/c1-9-7-8-19-14(17-9)12(13(16-2)18-19)22(20,21)11-5-3-10(15)4-6-11/h3-8H,1-2H3,(H,16,18). The number of rotatable bonds is 3. The number of aryl methyl sites for hydroxylation is 1. The van der Waals surface area contributed by atoms with Crippen LogP contribution in [0.2, 0.25) is 0 Å². The lowest BCUT2D eigenvalue weighted by atomic mass is 10.4. The number of hydrogen-bond acceptors (Lipinski definition) is 5. The highest BCUT2D eigenvalue weighted by Crippen LogP contribution is 2.30. The molecule has 2 aromatic heterocycles. The average molecular weight is 320 g/mol. The molecule has 0 unspecified atom stereocenters. The molecule has 0 aliphatic carbocycles. The summed E-state index contributed by atoms with van der Waals surface area (Å²) in [5.74, 6) is -0.302. The van der Waals surface area contributed by atoms with Crippen molar-refractivity contribution in [3.63, 3.8) is 0 Å². The number of fused-ring (bicyclic) bond motifs is 1. The second kappa shape index (κ2) is 5.06. The third-order valence-corrected chi connectivity index (χ3v) is 5.02. The van der Waals surface area contributed by atoms with Crippen LogP contribution in [0.3, 0.4) is 0 Å². The van der Waals surface area contributed by atoms with Crippen LogP contribution in [0.4, 0.5) is 10.2 Å². The molecule has 3 rings (SSSR count). The van der Waals surface area contributed by atoms with E-state index in [4.69, 9.17) is 0 Å². The lowest BCUT2D eigenvalue weighted by Gasteiger charge is -2.05. The Morgan fingerprint density at radius 3 is 2.50 bits per heavy atom. The molecule has 0 amide bonds. The molecule has 0 fully saturated rings. The first-order valence-corrected chi connectivity index (χ1v) is 7.96. The lowest BCUT2D eigenvalue weighted by molar-refractivity contribution is 0.595. The summed E-state index contributed by atoms with van der Waals surface area (Å²) in [6.45, 7) is 1.76. The van der Waals surface area contributed by atoms with Gasteiger partial charge in [-0.2, -0.15) is 0 Å². The highest BCUT2D eigenvalue weighted by atomic mass is 32.2. The smallest absolute Gasteiger partial charge is 0.214 e. The van der Waals surface area contributed by atoms with Crippen LogP contribution < -0.4 is 5.32 Å². The van der Waals surface area contributed by atoms with E-state index in [-0.39, 0.29) is 21.3 Å². The summed E-state index contributed by atoms with van der Waals surface area (Å²) in [5, 5.41) is 6.94. The monoisotopic (exact) mass is 320 g/mol. The Morgan fingerprint density at radius 2 is 1.86 bits per heavy atom. The molecule has 114 valence electrons. The topological polar surface area (TPSA) is 76.4 Å². The number of halogens is 1. The fourth-order valence-corrected chi connectivity index (χ4v) is 3.65. The number of sulfone groups is 1. The van der Waals surface area contributed by atoms with Gasteiger partial charge in [0.05, 0.1) is 4.90 Å². The van der Waals surface area contributed by atoms with E-state index in [9.17, 15) is 12.8 Å². The van der Waals surface area contributed by atoms with Crippen LogP contribution >= 0.6 is 0 Å². The predicted molar refractivity (Wildman–Crippen MR) is 79.1 cm³/mol. The SMILES string of the molecule is CNc1nn2ccc(C)nc2c1S(=O)(=O)c1ccc(F)cc1. The summed E-state index contributed by atoms with van der Waals surface area (Å²) in [6, 6.07) is 6.40. The summed E-state index contributed by atoms with van der Waals surface area (Å²) in [7, 11) is -2.29. The second-order valence-corrected chi connectivity index (χ2v) is 6.61. The minimum Gasteiger partial charge on any atom is -0.370 e. The summed E-state index contributed by atoms with van der Waals surface area (Å²) in [6.07, 6.45) is 1.64. The highest BCUT2D eigenvalue weighted by Gasteiger charge is 2.28. The van der Waals surface area contributed by atoms with Crippen LogP contribution in [-0.2, 0) is 9.84 Å². The second-order valence-electron chi connectivity index (χ2n) is 4.72. The molecule has 8 heteroatoms. The Morgan fingerprint density at radius 1 is 1.18 bits per heavy atom. The summed E-state index contributed by atoms with van der Waals surface area (Å²) < 4.78 is 40.1. The molecule has 0 saturated carbocycles. The van der Waals surface area contributed by atoms with Gasteiger partial charge in [0, 0.05) is 18.9 Å². The maximum Gasteiger partial charge on any atom is 0.214 e. The number of anilines is 1. The van der Waals surface area contributed by atoms with E-state index < -0.39 is 15.7 Å². The zero-order valence-electron chi connectivity index (χ0n) is 11.9. The zero-order chi connectivity index (χ0) is 15.9. The van der Waals surface area contributed by atoms with E-state index in [2.05, 4.69) is 15.4 Å². The van der Waals surface area contributed by atoms with Crippen molar-refractivity contribution in [1.82, 2.24) is 14.6 Å². The van der Waals surface area contributed by atoms with Crippen LogP contribution in [0.1, 0.15) is 5.69 Å². The highest BCUT2D eigenvalue weighted by molar-refractivity contribution is 7.91. The van der Waals surface area contributed by atoms with Crippen LogP contribution in [0.25, 0.3) is 5.65 Å². The molecule has 0 atom stereocenters. The van der Waals surface area contributed by atoms with Crippen molar-refractivity contribution in [2.24, 2.45) is 0 Å². The van der Waals surface area contributed by atoms with Gasteiger partial charge in [-0.3, -0.25) is 0 Å². The molecule has 0 aliphatic rings. The van der Waals surface area contributed by atoms with Crippen molar-refractivity contribution in [3.8, 4) is 0 Å². The van der Waals surface area contributed by atoms with Gasteiger partial charge in [0.25, 0.3) is 0 Å². The molecule has 1 aromatic carbocycles. The van der Waals surface area contributed by atoms with Gasteiger partial charge in [-0.05, 0) is 37.3 Å². The average Bonchev–Trinajstić information content (AvgIpc) is 2.86. The molecule has 22 heavy (non-hydrogen) atoms. The lowest BCUT2D eigenvalue weighted by Crippen LogP contribution is -2.05. The number of hydrogen-bond donors (Lipinski definition) is 1. The summed E-state index contributed by atoms with van der Waals surface area (Å²) >= 11 is 0. The third kappa shape index (κ3) is 2.21. The van der Waals surface area contributed by atoms with Gasteiger partial charge >= 0.3 is 0 Å². The van der Waals surface area contributed by atoms with Crippen molar-refractivity contribution >= 4 is 21.3 Å². The van der Waals surface area contributed by atoms with Gasteiger partial charge in [0.1, 0.15) is 5.82 Å². The molecule has 2 heterocycles. The number of aromatic nitrogens is 3. The van der Waals surface area contributed by atoms with Gasteiger partial charge in [0.2, 0.25) is 9.84 Å². The molecule has 0 bridgehead atoms. The van der Waals surface area contributed by atoms with E-state index in [0.717, 1.165) is 12.1 Å². The maximum absolute atomic E-state index is 13.0. The normalized spacial score (nSPS) is 11.8. The number of nitrogens with one attached hydrogen (secondary N) is 1. The molecule has 3 aromatic rings. The molecular weight excluding hydrogens is 307 g/mol.